The van der Waals surface area contributed by atoms with E-state index in [9.17, 15) is 0 Å². The molecular formula is C8H12N2O2. The van der Waals surface area contributed by atoms with Crippen LogP contribution in [0.1, 0.15) is 12.1 Å². The van der Waals surface area contributed by atoms with Crippen molar-refractivity contribution < 1.29 is 9.84 Å². The molecule has 1 aromatic heterocycles. The highest BCUT2D eigenvalue weighted by molar-refractivity contribution is 5.09. The molecule has 0 aliphatic rings. The lowest BCUT2D eigenvalue weighted by atomic mass is 10.4. The molecule has 12 heavy (non-hydrogen) atoms. The van der Waals surface area contributed by atoms with Gasteiger partial charge >= 0.3 is 0 Å². The van der Waals surface area contributed by atoms with Crippen molar-refractivity contribution in [3.63, 3.8) is 0 Å². The fourth-order valence-electron chi connectivity index (χ4n) is 0.705. The van der Waals surface area contributed by atoms with Crippen LogP contribution in [0.2, 0.25) is 0 Å². The van der Waals surface area contributed by atoms with Gasteiger partial charge in [-0.3, -0.25) is 0 Å². The van der Waals surface area contributed by atoms with Gasteiger partial charge in [-0.15, -0.1) is 5.10 Å². The Morgan fingerprint density at radius 3 is 2.83 bits per heavy atom. The number of hydrogen-bond donors (Lipinski definition) is 1. The first-order chi connectivity index (χ1) is 5.83. The Kier molecular flexibility index (Phi) is 3.47. The van der Waals surface area contributed by atoms with Gasteiger partial charge in [0.25, 0.3) is 0 Å². The average Bonchev–Trinajstić information content (AvgIpc) is 2.09. The monoisotopic (exact) mass is 168 g/mol. The van der Waals surface area contributed by atoms with Crippen LogP contribution in [0.4, 0.5) is 0 Å². The summed E-state index contributed by atoms with van der Waals surface area (Å²) in [6, 6.07) is 3.60. The second-order valence-electron chi connectivity index (χ2n) is 2.44. The van der Waals surface area contributed by atoms with Crippen LogP contribution in [0, 0.1) is 6.92 Å². The molecule has 0 unspecified atom stereocenters. The molecular weight excluding hydrogens is 156 g/mol. The van der Waals surface area contributed by atoms with Crippen molar-refractivity contribution >= 4 is 0 Å². The van der Waals surface area contributed by atoms with Crippen molar-refractivity contribution in [2.45, 2.75) is 13.3 Å². The lowest BCUT2D eigenvalue weighted by molar-refractivity contribution is 0.228. The summed E-state index contributed by atoms with van der Waals surface area (Å²) in [4.78, 5) is 0. The van der Waals surface area contributed by atoms with E-state index in [1.165, 1.54) is 0 Å². The first-order valence-electron chi connectivity index (χ1n) is 3.87. The minimum atomic E-state index is 0.138. The minimum absolute atomic E-state index is 0.138. The Morgan fingerprint density at radius 2 is 2.25 bits per heavy atom. The summed E-state index contributed by atoms with van der Waals surface area (Å²) in [5, 5.41) is 16.1. The molecule has 1 N–H and O–H groups in total. The van der Waals surface area contributed by atoms with Crippen molar-refractivity contribution in [1.29, 1.82) is 0 Å². The Labute approximate surface area is 71.2 Å². The van der Waals surface area contributed by atoms with Gasteiger partial charge in [0.2, 0.25) is 5.88 Å². The summed E-state index contributed by atoms with van der Waals surface area (Å²) >= 11 is 0. The van der Waals surface area contributed by atoms with E-state index in [-0.39, 0.29) is 6.61 Å². The lowest BCUT2D eigenvalue weighted by Gasteiger charge is -2.01. The van der Waals surface area contributed by atoms with E-state index >= 15 is 0 Å². The molecule has 1 rings (SSSR count). The van der Waals surface area contributed by atoms with E-state index in [1.807, 2.05) is 13.0 Å². The van der Waals surface area contributed by atoms with Crippen LogP contribution in [0.3, 0.4) is 0 Å². The number of aromatic nitrogens is 2. The standard InChI is InChI=1S/C8H12N2O2/c1-7-3-4-8(10-9-7)12-6-2-5-11/h3-4,11H,2,5-6H2,1H3. The Morgan fingerprint density at radius 1 is 1.42 bits per heavy atom. The zero-order chi connectivity index (χ0) is 8.81. The number of ether oxygens (including phenoxy) is 1. The smallest absolute Gasteiger partial charge is 0.233 e. The first kappa shape index (κ1) is 8.93. The molecule has 0 fully saturated rings. The van der Waals surface area contributed by atoms with E-state index in [4.69, 9.17) is 9.84 Å². The Balaban J connectivity index is 2.37. The fraction of sp³-hybridized carbons (Fsp3) is 0.500. The summed E-state index contributed by atoms with van der Waals surface area (Å²) in [5.41, 5.74) is 0.865. The summed E-state index contributed by atoms with van der Waals surface area (Å²) in [7, 11) is 0. The van der Waals surface area contributed by atoms with Crippen molar-refractivity contribution in [3.8, 4) is 5.88 Å². The predicted octanol–water partition coefficient (Wildman–Crippen LogP) is 0.546. The number of rotatable bonds is 4. The Hall–Kier alpha value is -1.16. The number of aliphatic hydroxyl groups is 1. The molecule has 0 saturated heterocycles. The first-order valence-corrected chi connectivity index (χ1v) is 3.87. The number of aliphatic hydroxyl groups excluding tert-OH is 1. The van der Waals surface area contributed by atoms with Crippen LogP contribution in [0.25, 0.3) is 0 Å². The van der Waals surface area contributed by atoms with Gasteiger partial charge in [0.05, 0.1) is 12.3 Å². The molecule has 0 amide bonds. The van der Waals surface area contributed by atoms with Gasteiger partial charge in [0, 0.05) is 19.1 Å². The molecule has 66 valence electrons. The number of hydrogen-bond acceptors (Lipinski definition) is 4. The summed E-state index contributed by atoms with van der Waals surface area (Å²) < 4.78 is 5.17. The normalized spacial score (nSPS) is 9.83. The second kappa shape index (κ2) is 4.66. The van der Waals surface area contributed by atoms with Gasteiger partial charge in [-0.25, -0.2) is 0 Å². The maximum atomic E-state index is 8.47. The molecule has 4 nitrogen and oxygen atoms in total. The molecule has 0 aliphatic carbocycles. The van der Waals surface area contributed by atoms with Gasteiger partial charge in [-0.2, -0.15) is 5.10 Å². The minimum Gasteiger partial charge on any atom is -0.477 e. The quantitative estimate of drug-likeness (QED) is 0.667. The highest BCUT2D eigenvalue weighted by Gasteiger charge is 1.94. The SMILES string of the molecule is Cc1ccc(OCCCO)nn1. The molecule has 4 heteroatoms. The Bertz CT molecular complexity index is 223. The largest absolute Gasteiger partial charge is 0.477 e. The van der Waals surface area contributed by atoms with Gasteiger partial charge < -0.3 is 9.84 Å². The van der Waals surface area contributed by atoms with Crippen molar-refractivity contribution in [3.05, 3.63) is 17.8 Å². The zero-order valence-corrected chi connectivity index (χ0v) is 7.03. The van der Waals surface area contributed by atoms with Crippen molar-refractivity contribution in [1.82, 2.24) is 10.2 Å². The molecule has 0 bridgehead atoms. The lowest BCUT2D eigenvalue weighted by Crippen LogP contribution is -2.01. The highest BCUT2D eigenvalue weighted by Crippen LogP contribution is 2.03. The zero-order valence-electron chi connectivity index (χ0n) is 7.03. The van der Waals surface area contributed by atoms with Crippen LogP contribution < -0.4 is 4.74 Å². The van der Waals surface area contributed by atoms with E-state index < -0.39 is 0 Å². The van der Waals surface area contributed by atoms with Crippen LogP contribution >= 0.6 is 0 Å². The molecule has 1 aromatic rings. The van der Waals surface area contributed by atoms with Gasteiger partial charge in [-0.05, 0) is 13.0 Å². The predicted molar refractivity (Wildman–Crippen MR) is 44.0 cm³/mol. The maximum Gasteiger partial charge on any atom is 0.233 e. The van der Waals surface area contributed by atoms with Crippen LogP contribution in [-0.2, 0) is 0 Å². The van der Waals surface area contributed by atoms with Gasteiger partial charge in [-0.1, -0.05) is 0 Å². The van der Waals surface area contributed by atoms with Crippen LogP contribution in [0.15, 0.2) is 12.1 Å². The summed E-state index contributed by atoms with van der Waals surface area (Å²) in [6.45, 7) is 2.48. The molecule has 0 spiro atoms. The number of aryl methyl sites for hydroxylation is 1. The topological polar surface area (TPSA) is 55.2 Å². The van der Waals surface area contributed by atoms with E-state index in [0.717, 1.165) is 5.69 Å². The van der Waals surface area contributed by atoms with Crippen molar-refractivity contribution in [2.75, 3.05) is 13.2 Å². The second-order valence-corrected chi connectivity index (χ2v) is 2.44. The average molecular weight is 168 g/mol. The maximum absolute atomic E-state index is 8.47. The summed E-state index contributed by atoms with van der Waals surface area (Å²) in [5.74, 6) is 0.508. The van der Waals surface area contributed by atoms with Crippen molar-refractivity contribution in [2.24, 2.45) is 0 Å². The van der Waals surface area contributed by atoms with Crippen LogP contribution in [-0.4, -0.2) is 28.5 Å². The van der Waals surface area contributed by atoms with E-state index in [0.29, 0.717) is 18.9 Å². The van der Waals surface area contributed by atoms with Gasteiger partial charge in [0.15, 0.2) is 0 Å². The molecule has 1 heterocycles. The fourth-order valence-corrected chi connectivity index (χ4v) is 0.705. The van der Waals surface area contributed by atoms with E-state index in [2.05, 4.69) is 10.2 Å². The summed E-state index contributed by atoms with van der Waals surface area (Å²) in [6.07, 6.45) is 0.621. The third kappa shape index (κ3) is 2.84. The van der Waals surface area contributed by atoms with E-state index in [1.54, 1.807) is 6.07 Å². The van der Waals surface area contributed by atoms with Crippen LogP contribution in [0.5, 0.6) is 5.88 Å². The highest BCUT2D eigenvalue weighted by atomic mass is 16.5. The molecule has 0 radical (unpaired) electrons. The third-order valence-corrected chi connectivity index (χ3v) is 1.33. The molecule has 0 aromatic carbocycles. The molecule has 0 saturated carbocycles. The molecule has 0 atom stereocenters. The van der Waals surface area contributed by atoms with Gasteiger partial charge in [0.1, 0.15) is 0 Å². The third-order valence-electron chi connectivity index (χ3n) is 1.33. The molecule has 0 aliphatic heterocycles. The number of nitrogens with zero attached hydrogens (tertiary/aromatic N) is 2.